The second-order valence-electron chi connectivity index (χ2n) is 10.0. The molecule has 0 saturated heterocycles. The van der Waals surface area contributed by atoms with Gasteiger partial charge < -0.3 is 14.8 Å². The van der Waals surface area contributed by atoms with E-state index in [4.69, 9.17) is 4.52 Å². The number of amides is 1. The van der Waals surface area contributed by atoms with Crippen LogP contribution in [0.5, 0.6) is 5.75 Å². The Morgan fingerprint density at radius 2 is 1.61 bits per heavy atom. The highest BCUT2D eigenvalue weighted by molar-refractivity contribution is 7.46. The summed E-state index contributed by atoms with van der Waals surface area (Å²) in [5, 5.41) is 3.14. The normalized spacial score (nSPS) is 12.6. The minimum Gasteiger partial charge on any atom is -0.404 e. The molecule has 0 atom stereocenters. The van der Waals surface area contributed by atoms with Crippen molar-refractivity contribution in [3.63, 3.8) is 0 Å². The van der Waals surface area contributed by atoms with Crippen LogP contribution < -0.4 is 15.3 Å². The lowest BCUT2D eigenvalue weighted by Crippen LogP contribution is -2.25. The van der Waals surface area contributed by atoms with Crippen LogP contribution in [0.3, 0.4) is 0 Å². The van der Waals surface area contributed by atoms with Gasteiger partial charge in [0.15, 0.2) is 0 Å². The van der Waals surface area contributed by atoms with Gasteiger partial charge in [0.25, 0.3) is 5.91 Å². The van der Waals surface area contributed by atoms with Crippen molar-refractivity contribution < 1.29 is 23.7 Å². The van der Waals surface area contributed by atoms with Gasteiger partial charge >= 0.3 is 7.82 Å². The number of nitrogens with one attached hydrogen (secondary N) is 2. The Hall–Kier alpha value is -2.93. The highest BCUT2D eigenvalue weighted by Crippen LogP contribution is 2.46. The monoisotopic (exact) mass is 472 g/mol. The fourth-order valence-electron chi connectivity index (χ4n) is 3.62. The molecule has 0 aliphatic heterocycles. The van der Waals surface area contributed by atoms with Crippen molar-refractivity contribution in [3.05, 3.63) is 69.5 Å². The van der Waals surface area contributed by atoms with Crippen LogP contribution in [0.15, 0.2) is 47.4 Å². The maximum Gasteiger partial charge on any atom is 0.524 e. The summed E-state index contributed by atoms with van der Waals surface area (Å²) in [5.41, 5.74) is 0.802. The Morgan fingerprint density at radius 3 is 2.18 bits per heavy atom. The van der Waals surface area contributed by atoms with Crippen molar-refractivity contribution in [1.82, 2.24) is 4.98 Å². The van der Waals surface area contributed by atoms with Crippen LogP contribution in [0.1, 0.15) is 63.0 Å². The number of hydrogen-bond acceptors (Lipinski definition) is 4. The van der Waals surface area contributed by atoms with Crippen molar-refractivity contribution in [2.75, 3.05) is 5.32 Å². The van der Waals surface area contributed by atoms with Gasteiger partial charge in [0.1, 0.15) is 11.3 Å². The first-order valence-corrected chi connectivity index (χ1v) is 12.0. The van der Waals surface area contributed by atoms with E-state index in [1.54, 1.807) is 30.3 Å². The van der Waals surface area contributed by atoms with E-state index in [1.165, 1.54) is 12.3 Å². The van der Waals surface area contributed by atoms with E-state index in [1.807, 2.05) is 41.5 Å². The second kappa shape index (κ2) is 8.45. The summed E-state index contributed by atoms with van der Waals surface area (Å²) < 4.78 is 16.6. The predicted octanol–water partition coefficient (Wildman–Crippen LogP) is 4.85. The average molecular weight is 472 g/mol. The molecule has 2 aromatic carbocycles. The molecule has 1 heterocycles. The zero-order valence-electron chi connectivity index (χ0n) is 19.5. The number of phosphoric acid groups is 1. The smallest absolute Gasteiger partial charge is 0.404 e. The van der Waals surface area contributed by atoms with Gasteiger partial charge in [-0.1, -0.05) is 53.7 Å². The highest BCUT2D eigenvalue weighted by atomic mass is 31.2. The number of H-pyrrole nitrogens is 1. The second-order valence-corrected chi connectivity index (χ2v) is 11.2. The molecule has 3 aromatic rings. The van der Waals surface area contributed by atoms with Crippen LogP contribution in [0.2, 0.25) is 0 Å². The molecule has 0 aliphatic carbocycles. The van der Waals surface area contributed by atoms with Gasteiger partial charge in [0, 0.05) is 34.4 Å². The van der Waals surface area contributed by atoms with E-state index in [2.05, 4.69) is 10.3 Å². The Kier molecular flexibility index (Phi) is 6.33. The molecule has 176 valence electrons. The minimum absolute atomic E-state index is 0.0356. The Labute approximate surface area is 192 Å². The van der Waals surface area contributed by atoms with Gasteiger partial charge in [-0.2, -0.15) is 0 Å². The highest BCUT2D eigenvalue weighted by Gasteiger charge is 2.30. The van der Waals surface area contributed by atoms with Gasteiger partial charge in [-0.25, -0.2) is 4.57 Å². The number of aromatic nitrogens is 1. The first-order valence-electron chi connectivity index (χ1n) is 10.4. The van der Waals surface area contributed by atoms with Crippen LogP contribution in [-0.4, -0.2) is 20.7 Å². The Morgan fingerprint density at radius 1 is 1.00 bits per heavy atom. The first kappa shape index (κ1) is 24.7. The van der Waals surface area contributed by atoms with Crippen LogP contribution in [0, 0.1) is 0 Å². The number of rotatable bonds is 4. The molecular weight excluding hydrogens is 443 g/mol. The third-order valence-electron chi connectivity index (χ3n) is 5.23. The molecule has 0 aliphatic rings. The fourth-order valence-corrected chi connectivity index (χ4v) is 4.03. The first-order chi connectivity index (χ1) is 15.1. The summed E-state index contributed by atoms with van der Waals surface area (Å²) in [6.45, 7) is 11.6. The maximum atomic E-state index is 13.1. The van der Waals surface area contributed by atoms with E-state index in [-0.39, 0.29) is 11.3 Å². The van der Waals surface area contributed by atoms with E-state index < -0.39 is 30.0 Å². The number of hydrogen-bond donors (Lipinski definition) is 4. The third-order valence-corrected chi connectivity index (χ3v) is 5.67. The number of para-hydroxylation sites is 1. The molecule has 0 bridgehead atoms. The van der Waals surface area contributed by atoms with Crippen LogP contribution in [0.4, 0.5) is 5.69 Å². The largest absolute Gasteiger partial charge is 0.524 e. The molecule has 9 heteroatoms. The van der Waals surface area contributed by atoms with E-state index in [9.17, 15) is 23.9 Å². The quantitative estimate of drug-likeness (QED) is 0.402. The molecule has 3 rings (SSSR count). The van der Waals surface area contributed by atoms with E-state index >= 15 is 0 Å². The summed E-state index contributed by atoms with van der Waals surface area (Å²) in [6.07, 6.45) is 1.35. The fraction of sp³-hybridized carbons (Fsp3) is 0.333. The summed E-state index contributed by atoms with van der Waals surface area (Å²) in [6, 6.07) is 10.1. The van der Waals surface area contributed by atoms with Gasteiger partial charge in [0.05, 0.1) is 0 Å². The maximum absolute atomic E-state index is 13.1. The SMILES string of the molecule is CC(C)(C)c1cc(C(C)(C)C)c(OP(=O)(O)O)cc1NC(=O)c1c[nH]c2ccccc2c1=O. The lowest BCUT2D eigenvalue weighted by Gasteiger charge is -2.29. The number of anilines is 1. The Balaban J connectivity index is 2.16. The van der Waals surface area contributed by atoms with Crippen LogP contribution in [-0.2, 0) is 15.4 Å². The number of carbonyl (C=O) groups excluding carboxylic acids is 1. The van der Waals surface area contributed by atoms with Crippen LogP contribution in [0.25, 0.3) is 10.9 Å². The number of phosphoric ester groups is 1. The molecule has 0 radical (unpaired) electrons. The lowest BCUT2D eigenvalue weighted by atomic mass is 9.79. The lowest BCUT2D eigenvalue weighted by molar-refractivity contribution is 0.102. The molecule has 0 unspecified atom stereocenters. The van der Waals surface area contributed by atoms with Crippen molar-refractivity contribution >= 4 is 30.3 Å². The molecule has 0 spiro atoms. The Bertz CT molecular complexity index is 1330. The van der Waals surface area contributed by atoms with Gasteiger partial charge in [0.2, 0.25) is 5.43 Å². The number of fused-ring (bicyclic) bond motifs is 1. The van der Waals surface area contributed by atoms with Crippen molar-refractivity contribution in [1.29, 1.82) is 0 Å². The zero-order valence-corrected chi connectivity index (χ0v) is 20.4. The number of benzene rings is 2. The van der Waals surface area contributed by atoms with E-state index in [0.29, 0.717) is 22.2 Å². The number of carbonyl (C=O) groups is 1. The van der Waals surface area contributed by atoms with Gasteiger partial charge in [-0.3, -0.25) is 19.4 Å². The summed E-state index contributed by atoms with van der Waals surface area (Å²) in [5.74, 6) is -0.676. The van der Waals surface area contributed by atoms with E-state index in [0.717, 1.165) is 5.56 Å². The summed E-state index contributed by atoms with van der Waals surface area (Å²) >= 11 is 0. The molecular formula is C24H29N2O6P. The molecule has 8 nitrogen and oxygen atoms in total. The molecule has 1 amide bonds. The number of aromatic amines is 1. The van der Waals surface area contributed by atoms with Crippen molar-refractivity contribution in [2.24, 2.45) is 0 Å². The molecule has 33 heavy (non-hydrogen) atoms. The summed E-state index contributed by atoms with van der Waals surface area (Å²) in [4.78, 5) is 47.8. The van der Waals surface area contributed by atoms with Crippen LogP contribution >= 0.6 is 7.82 Å². The third kappa shape index (κ3) is 5.53. The average Bonchev–Trinajstić information content (AvgIpc) is 2.65. The molecule has 4 N–H and O–H groups in total. The van der Waals surface area contributed by atoms with Gasteiger partial charge in [-0.05, 0) is 34.6 Å². The molecule has 0 saturated carbocycles. The minimum atomic E-state index is -4.85. The number of pyridine rings is 1. The summed E-state index contributed by atoms with van der Waals surface area (Å²) in [7, 11) is -4.85. The standard InChI is InChI=1S/C24H29N2O6P/c1-23(2,3)16-11-17(24(4,5)6)20(32-33(29,30)31)12-19(16)26-22(28)15-13-25-18-10-8-7-9-14(18)21(15)27/h7-13H,1-6H3,(H,25,27)(H,26,28)(H2,29,30,31). The predicted molar refractivity (Wildman–Crippen MR) is 129 cm³/mol. The zero-order chi connectivity index (χ0) is 24.8. The van der Waals surface area contributed by atoms with Crippen molar-refractivity contribution in [2.45, 2.75) is 52.4 Å². The molecule has 0 fully saturated rings. The van der Waals surface area contributed by atoms with Crippen molar-refractivity contribution in [3.8, 4) is 5.75 Å². The topological polar surface area (TPSA) is 129 Å². The molecule has 1 aromatic heterocycles. The van der Waals surface area contributed by atoms with Gasteiger partial charge in [-0.15, -0.1) is 0 Å².